The third-order valence-electron chi connectivity index (χ3n) is 4.56. The Balaban J connectivity index is 0.00000320. The van der Waals surface area contributed by atoms with Crippen LogP contribution in [0.1, 0.15) is 12.6 Å². The van der Waals surface area contributed by atoms with Gasteiger partial charge in [-0.05, 0) is 0 Å². The van der Waals surface area contributed by atoms with Gasteiger partial charge in [0, 0.05) is 43.4 Å². The van der Waals surface area contributed by atoms with E-state index in [4.69, 9.17) is 4.74 Å². The molecular weight excluding hydrogens is 443 g/mol. The van der Waals surface area contributed by atoms with Crippen LogP contribution in [0.25, 0.3) is 0 Å². The van der Waals surface area contributed by atoms with E-state index < -0.39 is 29.3 Å². The predicted molar refractivity (Wildman–Crippen MR) is 102 cm³/mol. The third kappa shape index (κ3) is 4.83. The Hall–Kier alpha value is -1.60. The van der Waals surface area contributed by atoms with Crippen LogP contribution in [0.5, 0.6) is 0 Å². The number of esters is 1. The van der Waals surface area contributed by atoms with Crippen LogP contribution >= 0.6 is 23.1 Å². The molecule has 0 spiro atoms. The average molecular weight is 462 g/mol. The van der Waals surface area contributed by atoms with Crippen molar-refractivity contribution >= 4 is 46.9 Å². The van der Waals surface area contributed by atoms with E-state index in [-0.39, 0.29) is 59.9 Å². The molecule has 1 N–H and O–H groups in total. The number of ether oxygens (including phenoxy) is 1. The van der Waals surface area contributed by atoms with Gasteiger partial charge >= 0.3 is 35.5 Å². The molecule has 1 aromatic heterocycles. The Bertz CT molecular complexity index is 985. The molecule has 30 heavy (non-hydrogen) atoms. The standard InChI is InChI=1S/C17H20N4O6S2.Na/c1-8(22)27-5-9-6-28-15-12(14(24)21(15)13(9)16(25)26)19-11(23)4-10-7-29-17(18-2)20(10)3;/h7,12,15H,4-6H2,1-3H3,(H,19,23)(H,25,26);/q;+1/p-1/b18-17+;/t12?,15-;/m1./s1. The Morgan fingerprint density at radius 1 is 1.40 bits per heavy atom. The van der Waals surface area contributed by atoms with Crippen molar-refractivity contribution in [2.45, 2.75) is 24.8 Å². The molecule has 0 saturated carbocycles. The molecule has 2 aliphatic rings. The van der Waals surface area contributed by atoms with Crippen molar-refractivity contribution in [3.8, 4) is 0 Å². The fraction of sp³-hybridized carbons (Fsp3) is 0.471. The first-order valence-electron chi connectivity index (χ1n) is 8.61. The summed E-state index contributed by atoms with van der Waals surface area (Å²) in [5, 5.41) is 15.5. The number of aliphatic carboxylic acids is 1. The molecule has 3 rings (SSSR count). The van der Waals surface area contributed by atoms with Crippen molar-refractivity contribution in [2.24, 2.45) is 12.0 Å². The number of hydrogen-bond acceptors (Lipinski definition) is 9. The molecule has 13 heteroatoms. The molecule has 0 aromatic carbocycles. The Kier molecular flexibility index (Phi) is 8.34. The number of fused-ring (bicyclic) bond motifs is 1. The molecule has 1 aromatic rings. The predicted octanol–water partition coefficient (Wildman–Crippen LogP) is -4.87. The Labute approximate surface area is 202 Å². The zero-order chi connectivity index (χ0) is 21.3. The molecule has 0 aliphatic carbocycles. The molecule has 2 amide bonds. The summed E-state index contributed by atoms with van der Waals surface area (Å²) in [6, 6.07) is -0.823. The SMILES string of the molecule is C/N=c1/scc(CC(=O)NC2C(=O)N3C(C(=O)[O-])=C(COC(C)=O)CS[C@H]23)n1C.[Na+]. The van der Waals surface area contributed by atoms with E-state index in [1.807, 2.05) is 5.38 Å². The van der Waals surface area contributed by atoms with Gasteiger partial charge in [-0.3, -0.25) is 24.3 Å². The van der Waals surface area contributed by atoms with Gasteiger partial charge in [-0.15, -0.1) is 23.1 Å². The maximum Gasteiger partial charge on any atom is 1.00 e. The van der Waals surface area contributed by atoms with Gasteiger partial charge in [0.05, 0.1) is 18.1 Å². The van der Waals surface area contributed by atoms with Gasteiger partial charge < -0.3 is 24.5 Å². The second-order valence-corrected chi connectivity index (χ2v) is 8.39. The molecule has 2 aliphatic heterocycles. The normalized spacial score (nSPS) is 20.8. The first kappa shape index (κ1) is 24.7. The molecular formula is C17H19N4NaO6S2. The minimum atomic E-state index is -1.52. The van der Waals surface area contributed by atoms with Crippen molar-refractivity contribution in [3.63, 3.8) is 0 Å². The molecule has 156 valence electrons. The van der Waals surface area contributed by atoms with Crippen LogP contribution < -0.4 is 44.8 Å². The number of thiazole rings is 1. The van der Waals surface area contributed by atoms with E-state index >= 15 is 0 Å². The van der Waals surface area contributed by atoms with E-state index in [0.717, 1.165) is 15.4 Å². The minimum Gasteiger partial charge on any atom is -0.543 e. The zero-order valence-corrected chi connectivity index (χ0v) is 20.6. The summed E-state index contributed by atoms with van der Waals surface area (Å²) >= 11 is 2.71. The van der Waals surface area contributed by atoms with Gasteiger partial charge in [0.25, 0.3) is 5.91 Å². The number of carboxylic acid groups (broad SMARTS) is 1. The van der Waals surface area contributed by atoms with Crippen molar-refractivity contribution < 1.29 is 58.6 Å². The number of rotatable bonds is 6. The summed E-state index contributed by atoms with van der Waals surface area (Å²) < 4.78 is 6.67. The summed E-state index contributed by atoms with van der Waals surface area (Å²) in [4.78, 5) is 53.5. The number of amides is 2. The summed E-state index contributed by atoms with van der Waals surface area (Å²) in [5.74, 6) is -2.70. The van der Waals surface area contributed by atoms with Crippen LogP contribution in [0.2, 0.25) is 0 Å². The maximum absolute atomic E-state index is 12.5. The zero-order valence-electron chi connectivity index (χ0n) is 17.0. The van der Waals surface area contributed by atoms with E-state index in [2.05, 4.69) is 10.3 Å². The van der Waals surface area contributed by atoms with Gasteiger partial charge in [0.2, 0.25) is 5.91 Å². The number of nitrogens with zero attached hydrogens (tertiary/aromatic N) is 3. The fourth-order valence-electron chi connectivity index (χ4n) is 3.13. The van der Waals surface area contributed by atoms with Gasteiger partial charge in [-0.25, -0.2) is 0 Å². The van der Waals surface area contributed by atoms with E-state index in [9.17, 15) is 24.3 Å². The smallest absolute Gasteiger partial charge is 0.543 e. The van der Waals surface area contributed by atoms with Crippen LogP contribution in [0.4, 0.5) is 0 Å². The van der Waals surface area contributed by atoms with Gasteiger partial charge in [-0.2, -0.15) is 0 Å². The number of nitrogens with one attached hydrogen (secondary N) is 1. The third-order valence-corrected chi connectivity index (χ3v) is 6.95. The molecule has 0 bridgehead atoms. The number of aromatic nitrogens is 1. The van der Waals surface area contributed by atoms with Crippen LogP contribution in [-0.2, 0) is 37.4 Å². The fourth-order valence-corrected chi connectivity index (χ4v) is 5.32. The number of carbonyl (C=O) groups excluding carboxylic acids is 4. The molecule has 1 unspecified atom stereocenters. The second kappa shape index (κ2) is 10.1. The first-order chi connectivity index (χ1) is 13.7. The van der Waals surface area contributed by atoms with Crippen molar-refractivity contribution in [3.05, 3.63) is 27.1 Å². The number of β-lactam (4-membered cyclic amide) rings is 1. The maximum atomic E-state index is 12.5. The Morgan fingerprint density at radius 2 is 2.10 bits per heavy atom. The van der Waals surface area contributed by atoms with Gasteiger partial charge in [-0.1, -0.05) is 0 Å². The summed E-state index contributed by atoms with van der Waals surface area (Å²) in [5.41, 5.74) is 0.761. The van der Waals surface area contributed by atoms with Crippen LogP contribution in [-0.4, -0.2) is 64.0 Å². The molecule has 3 heterocycles. The summed E-state index contributed by atoms with van der Waals surface area (Å²) in [7, 11) is 3.46. The molecule has 2 atom stereocenters. The van der Waals surface area contributed by atoms with Crippen LogP contribution in [0.3, 0.4) is 0 Å². The van der Waals surface area contributed by atoms with E-state index in [0.29, 0.717) is 5.57 Å². The van der Waals surface area contributed by atoms with Gasteiger partial charge in [0.15, 0.2) is 4.80 Å². The second-order valence-electron chi connectivity index (χ2n) is 6.44. The molecule has 1 saturated heterocycles. The van der Waals surface area contributed by atoms with Crippen molar-refractivity contribution in [2.75, 3.05) is 19.4 Å². The summed E-state index contributed by atoms with van der Waals surface area (Å²) in [6.45, 7) is 0.988. The van der Waals surface area contributed by atoms with Crippen molar-refractivity contribution in [1.82, 2.24) is 14.8 Å². The number of carbonyl (C=O) groups is 4. The van der Waals surface area contributed by atoms with Gasteiger partial charge in [0.1, 0.15) is 18.0 Å². The van der Waals surface area contributed by atoms with Crippen LogP contribution in [0.15, 0.2) is 21.6 Å². The largest absolute Gasteiger partial charge is 1.00 e. The summed E-state index contributed by atoms with van der Waals surface area (Å²) in [6.07, 6.45) is 0.0740. The molecule has 1 fully saturated rings. The van der Waals surface area contributed by atoms with Crippen LogP contribution in [0, 0.1) is 0 Å². The Morgan fingerprint density at radius 3 is 2.67 bits per heavy atom. The number of thioether (sulfide) groups is 1. The van der Waals surface area contributed by atoms with Crippen molar-refractivity contribution in [1.29, 1.82) is 0 Å². The molecule has 10 nitrogen and oxygen atoms in total. The molecule has 0 radical (unpaired) electrons. The van der Waals surface area contributed by atoms with E-state index in [1.165, 1.54) is 30.0 Å². The number of carboxylic acids is 1. The average Bonchev–Trinajstić information content (AvgIpc) is 3.02. The quantitative estimate of drug-likeness (QED) is 0.255. The van der Waals surface area contributed by atoms with E-state index in [1.54, 1.807) is 18.7 Å². The topological polar surface area (TPSA) is 133 Å². The first-order valence-corrected chi connectivity index (χ1v) is 10.5. The monoisotopic (exact) mass is 462 g/mol. The minimum absolute atomic E-state index is 0. The number of hydrogen-bond donors (Lipinski definition) is 1.